The zero-order chi connectivity index (χ0) is 20.1. The fourth-order valence-corrected chi connectivity index (χ4v) is 4.56. The van der Waals surface area contributed by atoms with Gasteiger partial charge in [0, 0.05) is 28.9 Å². The molecule has 1 atom stereocenters. The summed E-state index contributed by atoms with van der Waals surface area (Å²) in [4.78, 5) is 14.8. The highest BCUT2D eigenvalue weighted by Crippen LogP contribution is 2.19. The molecule has 1 heterocycles. The van der Waals surface area contributed by atoms with Gasteiger partial charge in [0.25, 0.3) is 15.9 Å². The molecule has 0 spiro atoms. The number of benzene rings is 2. The Morgan fingerprint density at radius 2 is 1.82 bits per heavy atom. The van der Waals surface area contributed by atoms with E-state index in [9.17, 15) is 13.2 Å². The van der Waals surface area contributed by atoms with Crippen molar-refractivity contribution >= 4 is 33.2 Å². The fourth-order valence-electron chi connectivity index (χ4n) is 3.37. The summed E-state index contributed by atoms with van der Waals surface area (Å²) in [6, 6.07) is 12.7. The number of sulfonamides is 1. The standard InChI is InChI=1S/C20H24ClN3O3S/c1-2-24-13-3-4-18(24)14-22-20(25)15-5-11-19(12-6-15)28(26,27)23-17-9-7-16(21)8-10-17/h5-12,18,23H,2-4,13-14H2,1H3,(H,22,25)/t18-/m0/s1. The Morgan fingerprint density at radius 3 is 2.46 bits per heavy atom. The molecule has 2 aromatic rings. The van der Waals surface area contributed by atoms with Crippen LogP contribution in [0.2, 0.25) is 5.02 Å². The number of nitrogens with one attached hydrogen (secondary N) is 2. The average molecular weight is 422 g/mol. The van der Waals surface area contributed by atoms with E-state index in [4.69, 9.17) is 11.6 Å². The van der Waals surface area contributed by atoms with Crippen LogP contribution in [-0.4, -0.2) is 44.9 Å². The third-order valence-electron chi connectivity index (χ3n) is 4.93. The maximum atomic E-state index is 12.5. The van der Waals surface area contributed by atoms with Crippen molar-refractivity contribution in [2.75, 3.05) is 24.4 Å². The minimum atomic E-state index is -3.74. The van der Waals surface area contributed by atoms with E-state index >= 15 is 0 Å². The zero-order valence-electron chi connectivity index (χ0n) is 15.7. The summed E-state index contributed by atoms with van der Waals surface area (Å²) in [6.45, 7) is 4.78. The van der Waals surface area contributed by atoms with Crippen LogP contribution in [0.4, 0.5) is 5.69 Å². The van der Waals surface area contributed by atoms with E-state index in [1.54, 1.807) is 24.3 Å². The van der Waals surface area contributed by atoms with Gasteiger partial charge >= 0.3 is 0 Å². The highest BCUT2D eigenvalue weighted by Gasteiger charge is 2.23. The number of hydrogen-bond acceptors (Lipinski definition) is 4. The second-order valence-electron chi connectivity index (χ2n) is 6.77. The topological polar surface area (TPSA) is 78.5 Å². The Kier molecular flexibility index (Phi) is 6.59. The van der Waals surface area contributed by atoms with Crippen molar-refractivity contribution in [1.82, 2.24) is 10.2 Å². The first-order valence-electron chi connectivity index (χ1n) is 9.30. The van der Waals surface area contributed by atoms with Gasteiger partial charge in [0.05, 0.1) is 4.90 Å². The molecule has 2 N–H and O–H groups in total. The maximum Gasteiger partial charge on any atom is 0.261 e. The molecule has 1 fully saturated rings. The lowest BCUT2D eigenvalue weighted by Crippen LogP contribution is -2.40. The van der Waals surface area contributed by atoms with E-state index in [0.29, 0.717) is 28.9 Å². The van der Waals surface area contributed by atoms with Crippen LogP contribution in [0.25, 0.3) is 0 Å². The number of carbonyl (C=O) groups is 1. The van der Waals surface area contributed by atoms with Gasteiger partial charge in [-0.25, -0.2) is 8.42 Å². The van der Waals surface area contributed by atoms with Gasteiger partial charge in [-0.1, -0.05) is 18.5 Å². The van der Waals surface area contributed by atoms with Gasteiger partial charge in [0.2, 0.25) is 0 Å². The van der Waals surface area contributed by atoms with Gasteiger partial charge in [-0.05, 0) is 74.5 Å². The zero-order valence-corrected chi connectivity index (χ0v) is 17.3. The van der Waals surface area contributed by atoms with Gasteiger partial charge in [-0.15, -0.1) is 0 Å². The summed E-state index contributed by atoms with van der Waals surface area (Å²) in [6.07, 6.45) is 2.24. The van der Waals surface area contributed by atoms with Crippen molar-refractivity contribution in [3.63, 3.8) is 0 Å². The minimum Gasteiger partial charge on any atom is -0.350 e. The number of likely N-dealkylation sites (N-methyl/N-ethyl adjacent to an activating group) is 1. The molecule has 0 bridgehead atoms. The molecular weight excluding hydrogens is 398 g/mol. The molecule has 150 valence electrons. The summed E-state index contributed by atoms with van der Waals surface area (Å²) in [7, 11) is -3.74. The molecule has 1 aliphatic heterocycles. The second-order valence-corrected chi connectivity index (χ2v) is 8.89. The van der Waals surface area contributed by atoms with E-state index in [0.717, 1.165) is 25.9 Å². The number of anilines is 1. The van der Waals surface area contributed by atoms with Crippen molar-refractivity contribution < 1.29 is 13.2 Å². The Morgan fingerprint density at radius 1 is 1.14 bits per heavy atom. The molecule has 1 aliphatic rings. The number of carbonyl (C=O) groups excluding carboxylic acids is 1. The molecule has 6 nitrogen and oxygen atoms in total. The van der Waals surface area contributed by atoms with Crippen LogP contribution in [0.15, 0.2) is 53.4 Å². The molecule has 3 rings (SSSR count). The Balaban J connectivity index is 1.62. The van der Waals surface area contributed by atoms with Crippen molar-refractivity contribution in [3.8, 4) is 0 Å². The van der Waals surface area contributed by atoms with Gasteiger partial charge in [0.1, 0.15) is 0 Å². The van der Waals surface area contributed by atoms with Gasteiger partial charge in [0.15, 0.2) is 0 Å². The maximum absolute atomic E-state index is 12.5. The smallest absolute Gasteiger partial charge is 0.261 e. The number of likely N-dealkylation sites (tertiary alicyclic amines) is 1. The molecule has 0 saturated carbocycles. The summed E-state index contributed by atoms with van der Waals surface area (Å²) in [5.74, 6) is -0.197. The first-order valence-corrected chi connectivity index (χ1v) is 11.2. The first-order chi connectivity index (χ1) is 13.4. The second kappa shape index (κ2) is 8.94. The molecule has 0 aliphatic carbocycles. The third kappa shape index (κ3) is 5.04. The SMILES string of the molecule is CCN1CCC[C@H]1CNC(=O)c1ccc(S(=O)(=O)Nc2ccc(Cl)cc2)cc1. The largest absolute Gasteiger partial charge is 0.350 e. The molecule has 0 unspecified atom stereocenters. The van der Waals surface area contributed by atoms with Gasteiger partial charge < -0.3 is 5.32 Å². The van der Waals surface area contributed by atoms with Crippen molar-refractivity contribution in [1.29, 1.82) is 0 Å². The van der Waals surface area contributed by atoms with Gasteiger partial charge in [-0.2, -0.15) is 0 Å². The summed E-state index contributed by atoms with van der Waals surface area (Å²) in [5, 5.41) is 3.48. The lowest BCUT2D eigenvalue weighted by atomic mass is 10.2. The number of rotatable bonds is 7. The molecule has 1 amide bonds. The molecule has 0 aromatic heterocycles. The van der Waals surface area contributed by atoms with E-state index < -0.39 is 10.0 Å². The number of halogens is 1. The van der Waals surface area contributed by atoms with E-state index in [1.807, 2.05) is 0 Å². The predicted molar refractivity (Wildman–Crippen MR) is 111 cm³/mol. The predicted octanol–water partition coefficient (Wildman–Crippen LogP) is 3.35. The highest BCUT2D eigenvalue weighted by molar-refractivity contribution is 7.92. The number of hydrogen-bond donors (Lipinski definition) is 2. The molecule has 8 heteroatoms. The van der Waals surface area contributed by atoms with E-state index in [1.165, 1.54) is 24.3 Å². The van der Waals surface area contributed by atoms with E-state index in [2.05, 4.69) is 21.9 Å². The average Bonchev–Trinajstić information content (AvgIpc) is 3.15. The third-order valence-corrected chi connectivity index (χ3v) is 6.58. The molecule has 2 aromatic carbocycles. The van der Waals surface area contributed by atoms with E-state index in [-0.39, 0.29) is 10.8 Å². The van der Waals surface area contributed by atoms with Crippen LogP contribution < -0.4 is 10.0 Å². The van der Waals surface area contributed by atoms with Crippen LogP contribution in [0.1, 0.15) is 30.1 Å². The molecular formula is C20H24ClN3O3S. The Bertz CT molecular complexity index is 915. The number of amides is 1. The fraction of sp³-hybridized carbons (Fsp3) is 0.350. The first kappa shape index (κ1) is 20.6. The lowest BCUT2D eigenvalue weighted by molar-refractivity contribution is 0.0941. The van der Waals surface area contributed by atoms with Crippen LogP contribution in [0.5, 0.6) is 0 Å². The molecule has 0 radical (unpaired) electrons. The Hall–Kier alpha value is -2.09. The monoisotopic (exact) mass is 421 g/mol. The van der Waals surface area contributed by atoms with Crippen molar-refractivity contribution in [2.24, 2.45) is 0 Å². The quantitative estimate of drug-likeness (QED) is 0.718. The number of nitrogens with zero attached hydrogens (tertiary/aromatic N) is 1. The van der Waals surface area contributed by atoms with Gasteiger partial charge in [-0.3, -0.25) is 14.4 Å². The van der Waals surface area contributed by atoms with Crippen molar-refractivity contribution in [3.05, 3.63) is 59.1 Å². The lowest BCUT2D eigenvalue weighted by Gasteiger charge is -2.22. The minimum absolute atomic E-state index is 0.0898. The van der Waals surface area contributed by atoms with Crippen LogP contribution in [-0.2, 0) is 10.0 Å². The Labute approximate surface area is 170 Å². The summed E-state index contributed by atoms with van der Waals surface area (Å²) >= 11 is 5.81. The summed E-state index contributed by atoms with van der Waals surface area (Å²) < 4.78 is 27.5. The van der Waals surface area contributed by atoms with Crippen LogP contribution in [0.3, 0.4) is 0 Å². The van der Waals surface area contributed by atoms with Crippen LogP contribution >= 0.6 is 11.6 Å². The highest BCUT2D eigenvalue weighted by atomic mass is 35.5. The summed E-state index contributed by atoms with van der Waals surface area (Å²) in [5.41, 5.74) is 0.856. The van der Waals surface area contributed by atoms with Crippen molar-refractivity contribution in [2.45, 2.75) is 30.7 Å². The molecule has 28 heavy (non-hydrogen) atoms. The van der Waals surface area contributed by atoms with Crippen LogP contribution in [0, 0.1) is 0 Å². The normalized spacial score (nSPS) is 17.4. The molecule has 1 saturated heterocycles.